The summed E-state index contributed by atoms with van der Waals surface area (Å²) < 4.78 is 102. The third kappa shape index (κ3) is 13.7. The molecular weight excluding hydrogens is 1030 g/mol. The zero-order valence-electron chi connectivity index (χ0n) is 33.4. The molecule has 0 fully saturated rings. The Bertz CT molecular complexity index is 2570. The number of aliphatic hydroxyl groups excluding tert-OH is 2. The summed E-state index contributed by atoms with van der Waals surface area (Å²) in [7, 11) is 0. The second-order valence-corrected chi connectivity index (χ2v) is 16.1. The normalized spacial score (nSPS) is 15.5. The molecule has 2 atom stereocenters. The van der Waals surface area contributed by atoms with Crippen LogP contribution in [0, 0.1) is 6.92 Å². The molecule has 67 heavy (non-hydrogen) atoms. The highest BCUT2D eigenvalue weighted by molar-refractivity contribution is 6.36. The molecule has 6 aromatic rings. The zero-order chi connectivity index (χ0) is 48.1. The molecular formula is C42H29Cl6F6N3O10. The molecule has 3 aromatic heterocycles. The Morgan fingerprint density at radius 2 is 0.896 bits per heavy atom. The fraction of sp³-hybridized carbons (Fsp3) is 0.190. The Morgan fingerprint density at radius 1 is 0.552 bits per heavy atom. The summed E-state index contributed by atoms with van der Waals surface area (Å²) in [6.07, 6.45) is -3.16. The number of ether oxygens (including phenoxy) is 6. The van der Waals surface area contributed by atoms with Crippen LogP contribution in [0.15, 0.2) is 91.8 Å². The van der Waals surface area contributed by atoms with E-state index in [-0.39, 0.29) is 58.4 Å². The number of pyridine rings is 3. The van der Waals surface area contributed by atoms with Crippen molar-refractivity contribution >= 4 is 75.9 Å². The van der Waals surface area contributed by atoms with Gasteiger partial charge < -0.3 is 44.1 Å². The molecule has 3 aromatic carbocycles. The van der Waals surface area contributed by atoms with E-state index in [1.807, 2.05) is 6.92 Å². The van der Waals surface area contributed by atoms with Crippen molar-refractivity contribution in [2.24, 2.45) is 0 Å². The smallest absolute Gasteiger partial charge is 0.586 e. The Kier molecular flexibility index (Phi) is 17.2. The zero-order valence-corrected chi connectivity index (χ0v) is 38.0. The molecule has 0 saturated carbocycles. The number of aldehydes is 1. The van der Waals surface area contributed by atoms with Crippen LogP contribution in [0.3, 0.4) is 0 Å². The van der Waals surface area contributed by atoms with Gasteiger partial charge in [0.2, 0.25) is 0 Å². The third-order valence-electron chi connectivity index (χ3n) is 9.02. The Labute approximate surface area is 404 Å². The highest BCUT2D eigenvalue weighted by Crippen LogP contribution is 2.45. The second-order valence-electron chi connectivity index (χ2n) is 13.6. The number of H-pyrrole nitrogens is 1. The number of halogens is 12. The number of aromatic amines is 1. The molecule has 3 aliphatic rings. The van der Waals surface area contributed by atoms with Crippen molar-refractivity contribution in [2.45, 2.75) is 50.9 Å². The Balaban J connectivity index is 0.000000175. The summed E-state index contributed by atoms with van der Waals surface area (Å²) in [5.41, 5.74) is 2.99. The first kappa shape index (κ1) is 52.7. The number of alkyl halides is 6. The fourth-order valence-corrected chi connectivity index (χ4v) is 7.20. The van der Waals surface area contributed by atoms with E-state index in [0.717, 1.165) is 5.56 Å². The lowest BCUT2D eigenvalue weighted by atomic mass is 10.0. The SMILES string of the molecule is Cc1c(Cl)cncc1Cl.O=Cc1ccc2c(c1)OC(F)(F)O2.OC(Cc1c(Cl)c[nH+]cc1Cl)c1ccc2c(c1)OC(F)(F)O2.OC(Cc1c(Cl)cncc1Cl)c1ccc2c(c1)OC(F)(F)O2.[OH-]. The lowest BCUT2D eigenvalue weighted by Crippen LogP contribution is -2.25. The number of hydrogen-bond acceptors (Lipinski definition) is 12. The minimum atomic E-state index is -3.69. The van der Waals surface area contributed by atoms with E-state index in [4.69, 9.17) is 69.6 Å². The van der Waals surface area contributed by atoms with E-state index >= 15 is 0 Å². The minimum Gasteiger partial charge on any atom is -0.870 e. The maximum Gasteiger partial charge on any atom is 0.586 e. The molecule has 9 rings (SSSR count). The molecule has 0 spiro atoms. The highest BCUT2D eigenvalue weighted by atomic mass is 35.5. The summed E-state index contributed by atoms with van der Waals surface area (Å²) in [4.78, 5) is 20.6. The predicted octanol–water partition coefficient (Wildman–Crippen LogP) is 11.7. The molecule has 13 nitrogen and oxygen atoms in total. The lowest BCUT2D eigenvalue weighted by molar-refractivity contribution is -0.377. The number of benzene rings is 3. The van der Waals surface area contributed by atoms with Gasteiger partial charge in [0, 0.05) is 48.8 Å². The molecule has 3 aliphatic heterocycles. The molecule has 0 amide bonds. The summed E-state index contributed by atoms with van der Waals surface area (Å²) in [6, 6.07) is 12.0. The van der Waals surface area contributed by atoms with Crippen LogP contribution in [-0.2, 0) is 12.8 Å². The van der Waals surface area contributed by atoms with Gasteiger partial charge in [-0.25, -0.2) is 4.98 Å². The van der Waals surface area contributed by atoms with E-state index in [9.17, 15) is 41.4 Å². The number of aromatic nitrogens is 3. The van der Waals surface area contributed by atoms with Crippen molar-refractivity contribution in [3.05, 3.63) is 155 Å². The van der Waals surface area contributed by atoms with Crippen molar-refractivity contribution < 1.29 is 80.2 Å². The van der Waals surface area contributed by atoms with Crippen LogP contribution >= 0.6 is 69.6 Å². The van der Waals surface area contributed by atoms with Gasteiger partial charge in [-0.15, -0.1) is 26.3 Å². The molecule has 2 unspecified atom stereocenters. The number of nitrogens with zero attached hydrogens (tertiary/aromatic N) is 2. The van der Waals surface area contributed by atoms with Crippen LogP contribution in [-0.4, -0.2) is 50.8 Å². The first-order valence-corrected chi connectivity index (χ1v) is 20.7. The molecule has 4 N–H and O–H groups in total. The van der Waals surface area contributed by atoms with Crippen molar-refractivity contribution in [1.82, 2.24) is 9.97 Å². The predicted molar refractivity (Wildman–Crippen MR) is 229 cm³/mol. The van der Waals surface area contributed by atoms with Crippen molar-refractivity contribution in [2.75, 3.05) is 0 Å². The van der Waals surface area contributed by atoms with Crippen molar-refractivity contribution in [3.63, 3.8) is 0 Å². The van der Waals surface area contributed by atoms with E-state index in [2.05, 4.69) is 43.4 Å². The third-order valence-corrected chi connectivity index (χ3v) is 11.1. The van der Waals surface area contributed by atoms with E-state index in [1.165, 1.54) is 79.4 Å². The minimum absolute atomic E-state index is 0. The number of hydrogen-bond donors (Lipinski definition) is 2. The lowest BCUT2D eigenvalue weighted by Gasteiger charge is -2.13. The molecule has 0 aliphatic carbocycles. The van der Waals surface area contributed by atoms with Crippen molar-refractivity contribution in [3.8, 4) is 34.5 Å². The van der Waals surface area contributed by atoms with Gasteiger partial charge in [-0.1, -0.05) is 81.7 Å². The fourth-order valence-electron chi connectivity index (χ4n) is 5.79. The van der Waals surface area contributed by atoms with E-state index in [1.54, 1.807) is 12.4 Å². The monoisotopic (exact) mass is 1060 g/mol. The Hall–Kier alpha value is -5.22. The molecule has 0 radical (unpaired) electrons. The highest BCUT2D eigenvalue weighted by Gasteiger charge is 2.45. The first-order valence-electron chi connectivity index (χ1n) is 18.4. The summed E-state index contributed by atoms with van der Waals surface area (Å²) in [5.74, 6) is -0.592. The summed E-state index contributed by atoms with van der Waals surface area (Å²) in [5, 5.41) is 23.1. The maximum absolute atomic E-state index is 13.0. The first-order chi connectivity index (χ1) is 31.0. The summed E-state index contributed by atoms with van der Waals surface area (Å²) in [6.45, 7) is 1.85. The van der Waals surface area contributed by atoms with Crippen LogP contribution in [0.25, 0.3) is 0 Å². The quantitative estimate of drug-likeness (QED) is 0.114. The van der Waals surface area contributed by atoms with Crippen LogP contribution in [0.4, 0.5) is 26.3 Å². The summed E-state index contributed by atoms with van der Waals surface area (Å²) >= 11 is 35.4. The molecule has 356 valence electrons. The Morgan fingerprint density at radius 3 is 1.28 bits per heavy atom. The second kappa shape index (κ2) is 21.8. The van der Waals surface area contributed by atoms with E-state index < -0.39 is 31.1 Å². The van der Waals surface area contributed by atoms with Gasteiger partial charge in [-0.05, 0) is 71.6 Å². The van der Waals surface area contributed by atoms with Gasteiger partial charge in [0.05, 0.1) is 32.3 Å². The average molecular weight is 1060 g/mol. The van der Waals surface area contributed by atoms with Gasteiger partial charge in [0.1, 0.15) is 16.3 Å². The number of aliphatic hydroxyl groups is 2. The van der Waals surface area contributed by atoms with E-state index in [0.29, 0.717) is 58.7 Å². The number of carbonyl (C=O) groups is 1. The largest absolute Gasteiger partial charge is 0.870 e. The van der Waals surface area contributed by atoms with Crippen LogP contribution in [0.2, 0.25) is 30.1 Å². The van der Waals surface area contributed by atoms with Gasteiger partial charge in [0.15, 0.2) is 46.9 Å². The number of carbonyl (C=O) groups excluding carboxylic acids is 1. The van der Waals surface area contributed by atoms with Crippen LogP contribution in [0.1, 0.15) is 50.4 Å². The molecule has 0 bridgehead atoms. The number of nitrogens with one attached hydrogen (secondary N) is 1. The molecule has 25 heteroatoms. The van der Waals surface area contributed by atoms with Crippen LogP contribution in [0.5, 0.6) is 34.5 Å². The van der Waals surface area contributed by atoms with Gasteiger partial charge >= 0.3 is 18.9 Å². The standard InChI is InChI=1S/2C14H9Cl2F2NO3.C8H4F2O3.C6H5Cl2N.H2O/c2*15-9-5-19-6-10(16)8(9)4-11(20)7-1-2-12-13(3-7)22-14(17,18)21-12;9-8(10)12-6-2-1-5(4-11)3-7(6)13-8;1-4-5(7)2-9-3-6(4)8;/h2*1-3,5-6,11,20H,4H2;1-4H;2-3H,1H3;1H2. The van der Waals surface area contributed by atoms with Crippen LogP contribution < -0.4 is 33.4 Å². The average Bonchev–Trinajstić information content (AvgIpc) is 3.87. The molecule has 6 heterocycles. The van der Waals surface area contributed by atoms with Gasteiger partial charge in [-0.2, -0.15) is 0 Å². The van der Waals surface area contributed by atoms with Gasteiger partial charge in [0.25, 0.3) is 0 Å². The van der Waals surface area contributed by atoms with Gasteiger partial charge in [-0.3, -0.25) is 14.8 Å². The number of rotatable bonds is 7. The van der Waals surface area contributed by atoms with Crippen molar-refractivity contribution in [1.29, 1.82) is 0 Å². The maximum atomic E-state index is 13.0. The number of fused-ring (bicyclic) bond motifs is 3. The molecule has 0 saturated heterocycles. The topological polar surface area (TPSA) is 183 Å².